The van der Waals surface area contributed by atoms with Crippen molar-refractivity contribution in [1.82, 2.24) is 14.8 Å². The average molecular weight is 468 g/mol. The van der Waals surface area contributed by atoms with Gasteiger partial charge < -0.3 is 24.3 Å². The molecule has 4 rings (SSSR count). The van der Waals surface area contributed by atoms with Crippen LogP contribution in [0.25, 0.3) is 0 Å². The molecule has 1 saturated heterocycles. The molecule has 0 bridgehead atoms. The Labute approximate surface area is 199 Å². The number of carbonyl (C=O) groups is 2. The van der Waals surface area contributed by atoms with Gasteiger partial charge in [0.15, 0.2) is 11.5 Å². The quantitative estimate of drug-likeness (QED) is 0.705. The minimum Gasteiger partial charge on any atom is -0.486 e. The van der Waals surface area contributed by atoms with E-state index in [9.17, 15) is 14.4 Å². The van der Waals surface area contributed by atoms with Crippen molar-refractivity contribution in [2.24, 2.45) is 5.92 Å². The van der Waals surface area contributed by atoms with Gasteiger partial charge in [0.1, 0.15) is 23.8 Å². The fourth-order valence-corrected chi connectivity index (χ4v) is 4.38. The first-order valence-electron chi connectivity index (χ1n) is 12.1. The molecule has 182 valence electrons. The number of carbonyl (C=O) groups excluding carboxylic acids is 2. The van der Waals surface area contributed by atoms with Gasteiger partial charge in [0.05, 0.1) is 6.54 Å². The monoisotopic (exact) mass is 467 g/mol. The third kappa shape index (κ3) is 5.61. The second-order valence-electron chi connectivity index (χ2n) is 9.42. The average Bonchev–Trinajstić information content (AvgIpc) is 3.12. The van der Waals surface area contributed by atoms with Gasteiger partial charge in [0.2, 0.25) is 5.43 Å². The van der Waals surface area contributed by atoms with Crippen molar-refractivity contribution in [2.45, 2.75) is 52.2 Å². The minimum absolute atomic E-state index is 0.0292. The molecule has 8 heteroatoms. The lowest BCUT2D eigenvalue weighted by Crippen LogP contribution is -2.43. The smallest absolute Gasteiger partial charge is 0.259 e. The fourth-order valence-electron chi connectivity index (χ4n) is 4.38. The van der Waals surface area contributed by atoms with Crippen molar-refractivity contribution in [2.75, 3.05) is 26.2 Å². The van der Waals surface area contributed by atoms with Crippen LogP contribution in [0.1, 0.15) is 60.2 Å². The highest BCUT2D eigenvalue weighted by molar-refractivity contribution is 5.99. The molecule has 1 fully saturated rings. The second-order valence-corrected chi connectivity index (χ2v) is 9.42. The Morgan fingerprint density at radius 2 is 1.71 bits per heavy atom. The van der Waals surface area contributed by atoms with Crippen LogP contribution in [0, 0.1) is 5.92 Å². The molecule has 0 spiro atoms. The van der Waals surface area contributed by atoms with E-state index >= 15 is 0 Å². The molecule has 1 aromatic carbocycles. The normalized spacial score (nSPS) is 17.9. The molecular weight excluding hydrogens is 434 g/mol. The highest BCUT2D eigenvalue weighted by atomic mass is 16.6. The van der Waals surface area contributed by atoms with Gasteiger partial charge in [-0.25, -0.2) is 0 Å². The van der Waals surface area contributed by atoms with Crippen LogP contribution in [0.3, 0.4) is 0 Å². The van der Waals surface area contributed by atoms with E-state index in [1.165, 1.54) is 0 Å². The second kappa shape index (κ2) is 10.8. The number of hydrogen-bond donors (Lipinski definition) is 1. The maximum atomic E-state index is 13.3. The van der Waals surface area contributed by atoms with Crippen LogP contribution in [-0.4, -0.2) is 53.6 Å². The van der Waals surface area contributed by atoms with Gasteiger partial charge in [-0.15, -0.1) is 0 Å². The standard InChI is InChI=1S/C26H33N3O5/c1-18(2)14-28-15-20(24(30)21(16-28)26(32)29-11-7-3-4-8-12-29)25(31)27-13-19-17-33-22-9-5-6-10-23(22)34-19/h5-6,9-10,15-16,18-19H,3-4,7-8,11-14,17H2,1-2H3,(H,27,31). The molecule has 34 heavy (non-hydrogen) atoms. The molecule has 0 aliphatic carbocycles. The molecule has 1 unspecified atom stereocenters. The number of nitrogens with one attached hydrogen (secondary N) is 1. The summed E-state index contributed by atoms with van der Waals surface area (Å²) in [5.41, 5.74) is -0.502. The van der Waals surface area contributed by atoms with Crippen LogP contribution < -0.4 is 20.2 Å². The summed E-state index contributed by atoms with van der Waals surface area (Å²) in [6.07, 6.45) is 6.80. The zero-order valence-corrected chi connectivity index (χ0v) is 19.9. The molecule has 8 nitrogen and oxygen atoms in total. The van der Waals surface area contributed by atoms with Gasteiger partial charge in [-0.05, 0) is 30.9 Å². The van der Waals surface area contributed by atoms with Crippen molar-refractivity contribution in [3.05, 3.63) is 58.0 Å². The number of nitrogens with zero attached hydrogens (tertiary/aromatic N) is 2. The Balaban J connectivity index is 1.52. The summed E-state index contributed by atoms with van der Waals surface area (Å²) < 4.78 is 13.4. The summed E-state index contributed by atoms with van der Waals surface area (Å²) in [6, 6.07) is 7.36. The maximum Gasteiger partial charge on any atom is 0.259 e. The molecule has 1 atom stereocenters. The molecule has 1 N–H and O–H groups in total. The van der Waals surface area contributed by atoms with Crippen molar-refractivity contribution >= 4 is 11.8 Å². The first kappa shape index (κ1) is 23.9. The molecule has 1 aromatic heterocycles. The van der Waals surface area contributed by atoms with Crippen LogP contribution in [-0.2, 0) is 6.54 Å². The topological polar surface area (TPSA) is 89.9 Å². The summed E-state index contributed by atoms with van der Waals surface area (Å²) >= 11 is 0. The fraction of sp³-hybridized carbons (Fsp3) is 0.500. The van der Waals surface area contributed by atoms with Gasteiger partial charge in [0, 0.05) is 32.0 Å². The highest BCUT2D eigenvalue weighted by Crippen LogP contribution is 2.30. The summed E-state index contributed by atoms with van der Waals surface area (Å²) in [5, 5.41) is 2.79. The third-order valence-electron chi connectivity index (χ3n) is 6.08. The summed E-state index contributed by atoms with van der Waals surface area (Å²) in [5.74, 6) is 0.765. The van der Waals surface area contributed by atoms with E-state index in [2.05, 4.69) is 5.32 Å². The first-order valence-corrected chi connectivity index (χ1v) is 12.1. The van der Waals surface area contributed by atoms with E-state index in [-0.39, 0.29) is 35.6 Å². The number of rotatable bonds is 6. The van der Waals surface area contributed by atoms with Crippen LogP contribution in [0.4, 0.5) is 0 Å². The van der Waals surface area contributed by atoms with Crippen LogP contribution in [0.5, 0.6) is 11.5 Å². The van der Waals surface area contributed by atoms with Crippen LogP contribution in [0.2, 0.25) is 0 Å². The van der Waals surface area contributed by atoms with Crippen molar-refractivity contribution < 1.29 is 19.1 Å². The number of fused-ring (bicyclic) bond motifs is 1. The Morgan fingerprint density at radius 3 is 2.41 bits per heavy atom. The van der Waals surface area contributed by atoms with Crippen LogP contribution >= 0.6 is 0 Å². The minimum atomic E-state index is -0.530. The lowest BCUT2D eigenvalue weighted by molar-refractivity contribution is 0.0759. The van der Waals surface area contributed by atoms with E-state index in [1.807, 2.05) is 38.1 Å². The number of benzene rings is 1. The first-order chi connectivity index (χ1) is 16.4. The van der Waals surface area contributed by atoms with E-state index in [4.69, 9.17) is 9.47 Å². The zero-order valence-electron chi connectivity index (χ0n) is 19.9. The van der Waals surface area contributed by atoms with Crippen molar-refractivity contribution in [3.63, 3.8) is 0 Å². The highest BCUT2D eigenvalue weighted by Gasteiger charge is 2.26. The summed E-state index contributed by atoms with van der Waals surface area (Å²) in [4.78, 5) is 41.3. The van der Waals surface area contributed by atoms with Gasteiger partial charge in [-0.3, -0.25) is 14.4 Å². The Hall–Kier alpha value is -3.29. The number of amides is 2. The zero-order chi connectivity index (χ0) is 24.1. The predicted molar refractivity (Wildman–Crippen MR) is 129 cm³/mol. The van der Waals surface area contributed by atoms with E-state index in [1.54, 1.807) is 21.9 Å². The predicted octanol–water partition coefficient (Wildman–Crippen LogP) is 3.09. The molecule has 3 heterocycles. The largest absolute Gasteiger partial charge is 0.486 e. The van der Waals surface area contributed by atoms with Crippen molar-refractivity contribution in [1.29, 1.82) is 0 Å². The molecule has 0 radical (unpaired) electrons. The SMILES string of the molecule is CC(C)Cn1cc(C(=O)NCC2COc3ccccc3O2)c(=O)c(C(=O)N2CCCCCC2)c1. The number of aromatic nitrogens is 1. The third-order valence-corrected chi connectivity index (χ3v) is 6.08. The molecule has 2 aromatic rings. The van der Waals surface area contributed by atoms with Gasteiger partial charge in [0.25, 0.3) is 11.8 Å². The number of likely N-dealkylation sites (tertiary alicyclic amines) is 1. The number of para-hydroxylation sites is 2. The summed E-state index contributed by atoms with van der Waals surface area (Å²) in [6.45, 7) is 6.44. The number of ether oxygens (including phenoxy) is 2. The molecule has 2 amide bonds. The lowest BCUT2D eigenvalue weighted by Gasteiger charge is -2.26. The van der Waals surface area contributed by atoms with Crippen molar-refractivity contribution in [3.8, 4) is 11.5 Å². The van der Waals surface area contributed by atoms with Gasteiger partial charge in [-0.1, -0.05) is 38.8 Å². The Bertz CT molecular complexity index is 1090. The van der Waals surface area contributed by atoms with Gasteiger partial charge >= 0.3 is 0 Å². The lowest BCUT2D eigenvalue weighted by atomic mass is 10.1. The van der Waals surface area contributed by atoms with Gasteiger partial charge in [-0.2, -0.15) is 0 Å². The number of hydrogen-bond acceptors (Lipinski definition) is 5. The van der Waals surface area contributed by atoms with Crippen LogP contribution in [0.15, 0.2) is 41.5 Å². The molecule has 0 saturated carbocycles. The molecule has 2 aliphatic heterocycles. The molecular formula is C26H33N3O5. The van der Waals surface area contributed by atoms with E-state index < -0.39 is 11.3 Å². The number of pyridine rings is 1. The summed E-state index contributed by atoms with van der Waals surface area (Å²) in [7, 11) is 0. The van der Waals surface area contributed by atoms with E-state index in [0.29, 0.717) is 37.7 Å². The molecule has 2 aliphatic rings. The Kier molecular flexibility index (Phi) is 7.55. The maximum absolute atomic E-state index is 13.3. The van der Waals surface area contributed by atoms with E-state index in [0.717, 1.165) is 25.7 Å². The Morgan fingerprint density at radius 1 is 1.03 bits per heavy atom.